The zero-order valence-electron chi connectivity index (χ0n) is 19.1. The monoisotopic (exact) mass is 503 g/mol. The first-order valence-corrected chi connectivity index (χ1v) is 11.5. The molecule has 4 aromatic rings. The standard InChI is InChI=1S/C23H22ClN5O.C2H3F3/c1-27-21-5-3-2-4-20(21)26-23(27)18-14-16(6-8-19(18)24)28-10-12-29(13-11-28)22-9-7-17(30)15-25-22;3-1-2(4)5/h2-9,14-15,30H,10-13H2,1H3;2H,1H2. The number of hydrogen-bond acceptors (Lipinski definition) is 5. The van der Waals surface area contributed by atoms with Gasteiger partial charge < -0.3 is 19.5 Å². The van der Waals surface area contributed by atoms with Crippen molar-refractivity contribution in [2.24, 2.45) is 7.05 Å². The second-order valence-electron chi connectivity index (χ2n) is 8.04. The first-order valence-electron chi connectivity index (χ1n) is 11.1. The molecule has 6 nitrogen and oxygen atoms in total. The van der Waals surface area contributed by atoms with Gasteiger partial charge in [0.05, 0.1) is 22.3 Å². The average Bonchev–Trinajstić information content (AvgIpc) is 3.21. The lowest BCUT2D eigenvalue weighted by Crippen LogP contribution is -2.46. The van der Waals surface area contributed by atoms with Gasteiger partial charge in [-0.2, -0.15) is 0 Å². The molecule has 2 aromatic heterocycles. The molecule has 0 aliphatic carbocycles. The van der Waals surface area contributed by atoms with E-state index in [-0.39, 0.29) is 5.75 Å². The maximum atomic E-state index is 10.4. The molecule has 0 radical (unpaired) electrons. The maximum Gasteiger partial charge on any atom is 0.266 e. The molecule has 10 heteroatoms. The van der Waals surface area contributed by atoms with Gasteiger partial charge in [-0.05, 0) is 42.5 Å². The number of alkyl halides is 3. The second kappa shape index (κ2) is 10.9. The highest BCUT2D eigenvalue weighted by Gasteiger charge is 2.20. The summed E-state index contributed by atoms with van der Waals surface area (Å²) in [6.07, 6.45) is -1.29. The highest BCUT2D eigenvalue weighted by Crippen LogP contribution is 2.33. The number of hydrogen-bond donors (Lipinski definition) is 1. The molecule has 3 heterocycles. The SMILES string of the molecule is Cn1c(-c2cc(N3CCN(c4ccc(O)cn4)CC3)ccc2Cl)nc2ccccc21.FCC(F)F. The molecule has 0 spiro atoms. The summed E-state index contributed by atoms with van der Waals surface area (Å²) >= 11 is 6.58. The minimum Gasteiger partial charge on any atom is -0.506 e. The summed E-state index contributed by atoms with van der Waals surface area (Å²) in [6, 6.07) is 17.8. The van der Waals surface area contributed by atoms with Gasteiger partial charge in [0.1, 0.15) is 17.4 Å². The Hall–Kier alpha value is -3.46. The molecule has 0 amide bonds. The Balaban J connectivity index is 0.000000527. The van der Waals surface area contributed by atoms with E-state index in [1.165, 1.54) is 6.20 Å². The lowest BCUT2D eigenvalue weighted by molar-refractivity contribution is 0.113. The first-order chi connectivity index (χ1) is 16.9. The number of aromatic hydroxyl groups is 1. The van der Waals surface area contributed by atoms with Crippen LogP contribution in [0.25, 0.3) is 22.4 Å². The first kappa shape index (κ1) is 24.7. The average molecular weight is 504 g/mol. The zero-order valence-corrected chi connectivity index (χ0v) is 19.8. The molecule has 1 saturated heterocycles. The van der Waals surface area contributed by atoms with Crippen LogP contribution in [0, 0.1) is 0 Å². The van der Waals surface area contributed by atoms with Crippen LogP contribution < -0.4 is 9.80 Å². The van der Waals surface area contributed by atoms with Gasteiger partial charge in [-0.25, -0.2) is 23.1 Å². The summed E-state index contributed by atoms with van der Waals surface area (Å²) in [5.41, 5.74) is 4.13. The molecule has 5 rings (SSSR count). The van der Waals surface area contributed by atoms with E-state index in [1.54, 1.807) is 6.07 Å². The number of aromatic nitrogens is 3. The van der Waals surface area contributed by atoms with Crippen LogP contribution in [-0.4, -0.2) is 58.9 Å². The number of benzene rings is 2. The molecule has 184 valence electrons. The largest absolute Gasteiger partial charge is 0.506 e. The summed E-state index contributed by atoms with van der Waals surface area (Å²) in [4.78, 5) is 13.7. The molecule has 0 saturated carbocycles. The minimum absolute atomic E-state index is 0.188. The Kier molecular flexibility index (Phi) is 7.65. The summed E-state index contributed by atoms with van der Waals surface area (Å²) in [5.74, 6) is 1.95. The van der Waals surface area contributed by atoms with E-state index in [0.29, 0.717) is 5.02 Å². The molecule has 1 aliphatic heterocycles. The molecular weight excluding hydrogens is 479 g/mol. The predicted octanol–water partition coefficient (Wildman–Crippen LogP) is 5.54. The van der Waals surface area contributed by atoms with Crippen molar-refractivity contribution in [2.45, 2.75) is 6.43 Å². The number of anilines is 2. The van der Waals surface area contributed by atoms with Gasteiger partial charge in [0.2, 0.25) is 0 Å². The second-order valence-corrected chi connectivity index (χ2v) is 8.45. The third-order valence-electron chi connectivity index (χ3n) is 5.80. The number of pyridine rings is 1. The molecular formula is C25H25ClF3N5O. The van der Waals surface area contributed by atoms with Crippen molar-refractivity contribution in [1.29, 1.82) is 0 Å². The lowest BCUT2D eigenvalue weighted by Gasteiger charge is -2.37. The number of fused-ring (bicyclic) bond motifs is 1. The van der Waals surface area contributed by atoms with Crippen molar-refractivity contribution in [3.8, 4) is 17.1 Å². The van der Waals surface area contributed by atoms with Gasteiger partial charge in [-0.1, -0.05) is 23.7 Å². The number of halogens is 4. The van der Waals surface area contributed by atoms with Crippen molar-refractivity contribution >= 4 is 34.1 Å². The highest BCUT2D eigenvalue weighted by molar-refractivity contribution is 6.33. The van der Waals surface area contributed by atoms with Crippen molar-refractivity contribution in [3.05, 3.63) is 65.8 Å². The van der Waals surface area contributed by atoms with Crippen molar-refractivity contribution in [1.82, 2.24) is 14.5 Å². The molecule has 35 heavy (non-hydrogen) atoms. The fourth-order valence-corrected chi connectivity index (χ4v) is 4.23. The summed E-state index contributed by atoms with van der Waals surface area (Å²) in [5, 5.41) is 10.1. The number of imidazole rings is 1. The van der Waals surface area contributed by atoms with Crippen LogP contribution in [0.5, 0.6) is 5.75 Å². The Morgan fingerprint density at radius 1 is 1.00 bits per heavy atom. The van der Waals surface area contributed by atoms with E-state index in [1.807, 2.05) is 37.4 Å². The van der Waals surface area contributed by atoms with Crippen LogP contribution in [0.15, 0.2) is 60.8 Å². The summed E-state index contributed by atoms with van der Waals surface area (Å²) < 4.78 is 33.2. The van der Waals surface area contributed by atoms with E-state index in [2.05, 4.69) is 37.5 Å². The molecule has 0 unspecified atom stereocenters. The topological polar surface area (TPSA) is 57.4 Å². The molecule has 1 aliphatic rings. The minimum atomic E-state index is -2.78. The van der Waals surface area contributed by atoms with Crippen LogP contribution in [0.1, 0.15) is 0 Å². The quantitative estimate of drug-likeness (QED) is 0.396. The third-order valence-corrected chi connectivity index (χ3v) is 6.13. The van der Waals surface area contributed by atoms with E-state index in [0.717, 1.165) is 60.1 Å². The number of rotatable bonds is 4. The fourth-order valence-electron chi connectivity index (χ4n) is 4.03. The van der Waals surface area contributed by atoms with Crippen LogP contribution in [0.3, 0.4) is 0 Å². The third kappa shape index (κ3) is 5.62. The van der Waals surface area contributed by atoms with Gasteiger partial charge in [0.15, 0.2) is 6.67 Å². The molecule has 2 aromatic carbocycles. The lowest BCUT2D eigenvalue weighted by atomic mass is 10.1. The Bertz CT molecular complexity index is 1270. The number of para-hydroxylation sites is 2. The number of nitrogens with zero attached hydrogens (tertiary/aromatic N) is 5. The normalized spacial score (nSPS) is 13.8. The van der Waals surface area contributed by atoms with Crippen LogP contribution >= 0.6 is 11.6 Å². The van der Waals surface area contributed by atoms with Gasteiger partial charge in [-0.3, -0.25) is 0 Å². The Morgan fingerprint density at radius 2 is 1.69 bits per heavy atom. The molecule has 0 bridgehead atoms. The van der Waals surface area contributed by atoms with Gasteiger partial charge >= 0.3 is 0 Å². The number of aryl methyl sites for hydroxylation is 1. The summed E-state index contributed by atoms with van der Waals surface area (Å²) in [6.45, 7) is 1.96. The highest BCUT2D eigenvalue weighted by atomic mass is 35.5. The van der Waals surface area contributed by atoms with Crippen molar-refractivity contribution in [3.63, 3.8) is 0 Å². The van der Waals surface area contributed by atoms with Crippen LogP contribution in [0.2, 0.25) is 5.02 Å². The van der Waals surface area contributed by atoms with E-state index >= 15 is 0 Å². The number of piperazine rings is 1. The molecule has 0 atom stereocenters. The van der Waals surface area contributed by atoms with E-state index in [4.69, 9.17) is 16.6 Å². The Labute approximate surface area is 206 Å². The molecule has 1 N–H and O–H groups in total. The predicted molar refractivity (Wildman–Crippen MR) is 133 cm³/mol. The van der Waals surface area contributed by atoms with E-state index < -0.39 is 13.1 Å². The molecule has 1 fully saturated rings. The van der Waals surface area contributed by atoms with Gasteiger partial charge in [0.25, 0.3) is 6.43 Å². The zero-order chi connectivity index (χ0) is 24.9. The fraction of sp³-hybridized carbons (Fsp3) is 0.280. The van der Waals surface area contributed by atoms with Crippen molar-refractivity contribution < 1.29 is 18.3 Å². The maximum absolute atomic E-state index is 10.4. The van der Waals surface area contributed by atoms with Crippen LogP contribution in [-0.2, 0) is 7.05 Å². The van der Waals surface area contributed by atoms with Crippen LogP contribution in [0.4, 0.5) is 24.7 Å². The van der Waals surface area contributed by atoms with E-state index in [9.17, 15) is 18.3 Å². The van der Waals surface area contributed by atoms with Crippen molar-refractivity contribution in [2.75, 3.05) is 42.7 Å². The Morgan fingerprint density at radius 3 is 2.31 bits per heavy atom. The van der Waals surface area contributed by atoms with Gasteiger partial charge in [0, 0.05) is 44.5 Å². The van der Waals surface area contributed by atoms with Gasteiger partial charge in [-0.15, -0.1) is 0 Å². The smallest absolute Gasteiger partial charge is 0.266 e. The summed E-state index contributed by atoms with van der Waals surface area (Å²) in [7, 11) is 2.02.